The summed E-state index contributed by atoms with van der Waals surface area (Å²) >= 11 is 0. The quantitative estimate of drug-likeness (QED) is 0.795. The van der Waals surface area contributed by atoms with E-state index >= 15 is 0 Å². The van der Waals surface area contributed by atoms with Crippen LogP contribution in [0.4, 0.5) is 0 Å². The number of rotatable bonds is 3. The maximum Gasteiger partial charge on any atom is 0.257 e. The maximum absolute atomic E-state index is 9.29. The van der Waals surface area contributed by atoms with Crippen LogP contribution in [-0.2, 0) is 6.42 Å². The first kappa shape index (κ1) is 13.4. The van der Waals surface area contributed by atoms with Crippen molar-refractivity contribution in [2.75, 3.05) is 0 Å². The van der Waals surface area contributed by atoms with Crippen LogP contribution in [0.25, 0.3) is 11.5 Å². The van der Waals surface area contributed by atoms with Crippen LogP contribution in [0, 0.1) is 13.8 Å². The molecular formula is C17H16N2O2. The second kappa shape index (κ2) is 5.40. The molecule has 3 rings (SSSR count). The zero-order chi connectivity index (χ0) is 14.8. The highest BCUT2D eigenvalue weighted by atomic mass is 16.5. The molecule has 106 valence electrons. The van der Waals surface area contributed by atoms with E-state index in [0.717, 1.165) is 11.1 Å². The molecule has 0 unspecified atom stereocenters. The molecule has 0 amide bonds. The molecule has 4 nitrogen and oxygen atoms in total. The first-order chi connectivity index (χ1) is 10.1. The Morgan fingerprint density at radius 1 is 1.00 bits per heavy atom. The Morgan fingerprint density at radius 2 is 1.76 bits per heavy atom. The van der Waals surface area contributed by atoms with Crippen LogP contribution >= 0.6 is 0 Å². The normalized spacial score (nSPS) is 10.8. The molecule has 21 heavy (non-hydrogen) atoms. The Kier molecular flexibility index (Phi) is 3.44. The molecule has 0 radical (unpaired) electrons. The van der Waals surface area contributed by atoms with Crippen molar-refractivity contribution in [3.05, 3.63) is 65.0 Å². The van der Waals surface area contributed by atoms with Crippen LogP contribution < -0.4 is 0 Å². The van der Waals surface area contributed by atoms with E-state index in [4.69, 9.17) is 4.52 Å². The van der Waals surface area contributed by atoms with Crippen molar-refractivity contribution >= 4 is 0 Å². The van der Waals surface area contributed by atoms with Crippen molar-refractivity contribution in [2.24, 2.45) is 0 Å². The van der Waals surface area contributed by atoms with Crippen molar-refractivity contribution in [3.63, 3.8) is 0 Å². The standard InChI is InChI=1S/C17H16N2O2/c1-11-3-4-13(9-12(11)2)10-16-18-17(21-19-16)14-5-7-15(20)8-6-14/h3-9,20H,10H2,1-2H3. The molecule has 3 aromatic rings. The van der Waals surface area contributed by atoms with Gasteiger partial charge in [0.1, 0.15) is 5.75 Å². The number of phenols is 1. The van der Waals surface area contributed by atoms with Crippen LogP contribution in [0.3, 0.4) is 0 Å². The summed E-state index contributed by atoms with van der Waals surface area (Å²) < 4.78 is 5.27. The lowest BCUT2D eigenvalue weighted by atomic mass is 10.0. The Hall–Kier alpha value is -2.62. The summed E-state index contributed by atoms with van der Waals surface area (Å²) in [4.78, 5) is 4.40. The second-order valence-corrected chi connectivity index (χ2v) is 5.16. The number of phenolic OH excluding ortho intramolecular Hbond substituents is 1. The Bertz CT molecular complexity index is 761. The molecule has 4 heteroatoms. The van der Waals surface area contributed by atoms with Gasteiger partial charge in [-0.25, -0.2) is 0 Å². The Morgan fingerprint density at radius 3 is 2.48 bits per heavy atom. The fourth-order valence-corrected chi connectivity index (χ4v) is 2.14. The molecule has 2 aromatic carbocycles. The van der Waals surface area contributed by atoms with E-state index < -0.39 is 0 Å². The molecule has 1 heterocycles. The first-order valence-electron chi connectivity index (χ1n) is 6.80. The summed E-state index contributed by atoms with van der Waals surface area (Å²) in [5, 5.41) is 13.3. The fraction of sp³-hybridized carbons (Fsp3) is 0.176. The molecule has 0 fully saturated rings. The monoisotopic (exact) mass is 280 g/mol. The van der Waals surface area contributed by atoms with E-state index in [1.807, 2.05) is 0 Å². The third kappa shape index (κ3) is 2.94. The van der Waals surface area contributed by atoms with Crippen molar-refractivity contribution in [1.29, 1.82) is 0 Å². The van der Waals surface area contributed by atoms with Crippen LogP contribution in [-0.4, -0.2) is 15.2 Å². The van der Waals surface area contributed by atoms with Crippen molar-refractivity contribution < 1.29 is 9.63 Å². The van der Waals surface area contributed by atoms with Crippen molar-refractivity contribution in [2.45, 2.75) is 20.3 Å². The first-order valence-corrected chi connectivity index (χ1v) is 6.80. The van der Waals surface area contributed by atoms with Crippen LogP contribution in [0.5, 0.6) is 5.75 Å². The van der Waals surface area contributed by atoms with Crippen molar-refractivity contribution in [1.82, 2.24) is 10.1 Å². The average molecular weight is 280 g/mol. The largest absolute Gasteiger partial charge is 0.508 e. The maximum atomic E-state index is 9.29. The molecule has 0 atom stereocenters. The number of benzene rings is 2. The highest BCUT2D eigenvalue weighted by molar-refractivity contribution is 5.54. The summed E-state index contributed by atoms with van der Waals surface area (Å²) in [6.07, 6.45) is 0.642. The van der Waals surface area contributed by atoms with E-state index in [0.29, 0.717) is 18.1 Å². The topological polar surface area (TPSA) is 59.2 Å². The third-order valence-electron chi connectivity index (χ3n) is 3.52. The molecular weight excluding hydrogens is 264 g/mol. The molecule has 0 saturated carbocycles. The van der Waals surface area contributed by atoms with Gasteiger partial charge in [0.25, 0.3) is 5.89 Å². The summed E-state index contributed by atoms with van der Waals surface area (Å²) in [6, 6.07) is 13.0. The zero-order valence-electron chi connectivity index (χ0n) is 12.0. The minimum Gasteiger partial charge on any atom is -0.508 e. The lowest BCUT2D eigenvalue weighted by Gasteiger charge is -2.02. The van der Waals surface area contributed by atoms with E-state index in [-0.39, 0.29) is 5.75 Å². The van der Waals surface area contributed by atoms with Gasteiger partial charge in [0, 0.05) is 12.0 Å². The summed E-state index contributed by atoms with van der Waals surface area (Å²) in [5.41, 5.74) is 4.49. The number of aromatic nitrogens is 2. The lowest BCUT2D eigenvalue weighted by molar-refractivity contribution is 0.423. The van der Waals surface area contributed by atoms with Crippen LogP contribution in [0.2, 0.25) is 0 Å². The summed E-state index contributed by atoms with van der Waals surface area (Å²) in [5.74, 6) is 1.34. The zero-order valence-corrected chi connectivity index (χ0v) is 12.0. The molecule has 0 spiro atoms. The number of hydrogen-bond acceptors (Lipinski definition) is 4. The van der Waals surface area contributed by atoms with E-state index in [1.54, 1.807) is 24.3 Å². The number of aromatic hydroxyl groups is 1. The predicted octanol–water partition coefficient (Wildman–Crippen LogP) is 3.65. The van der Waals surface area contributed by atoms with Crippen molar-refractivity contribution in [3.8, 4) is 17.2 Å². The molecule has 0 aliphatic rings. The number of hydrogen-bond donors (Lipinski definition) is 1. The highest BCUT2D eigenvalue weighted by Crippen LogP contribution is 2.21. The van der Waals surface area contributed by atoms with Gasteiger partial charge in [0.15, 0.2) is 5.82 Å². The van der Waals surface area contributed by atoms with Crippen LogP contribution in [0.1, 0.15) is 22.5 Å². The second-order valence-electron chi connectivity index (χ2n) is 5.16. The molecule has 1 aromatic heterocycles. The molecule has 0 bridgehead atoms. The SMILES string of the molecule is Cc1ccc(Cc2noc(-c3ccc(O)cc3)n2)cc1C. The molecule has 0 aliphatic carbocycles. The van der Waals surface area contributed by atoms with Gasteiger partial charge < -0.3 is 9.63 Å². The third-order valence-corrected chi connectivity index (χ3v) is 3.52. The number of nitrogens with zero attached hydrogens (tertiary/aromatic N) is 2. The van der Waals surface area contributed by atoms with Gasteiger partial charge in [-0.2, -0.15) is 4.98 Å². The van der Waals surface area contributed by atoms with Gasteiger partial charge in [-0.15, -0.1) is 0 Å². The summed E-state index contributed by atoms with van der Waals surface area (Å²) in [7, 11) is 0. The fourth-order valence-electron chi connectivity index (χ4n) is 2.14. The van der Waals surface area contributed by atoms with Gasteiger partial charge in [-0.3, -0.25) is 0 Å². The number of aryl methyl sites for hydroxylation is 2. The van der Waals surface area contributed by atoms with E-state index in [9.17, 15) is 5.11 Å². The average Bonchev–Trinajstić information content (AvgIpc) is 2.92. The molecule has 0 saturated heterocycles. The Balaban J connectivity index is 1.81. The minimum absolute atomic E-state index is 0.216. The Labute approximate surface area is 123 Å². The van der Waals surface area contributed by atoms with Gasteiger partial charge in [-0.05, 0) is 54.8 Å². The van der Waals surface area contributed by atoms with Gasteiger partial charge >= 0.3 is 0 Å². The van der Waals surface area contributed by atoms with Gasteiger partial charge in [-0.1, -0.05) is 23.4 Å². The highest BCUT2D eigenvalue weighted by Gasteiger charge is 2.09. The summed E-state index contributed by atoms with van der Waals surface area (Å²) in [6.45, 7) is 4.19. The van der Waals surface area contributed by atoms with Crippen LogP contribution in [0.15, 0.2) is 47.0 Å². The van der Waals surface area contributed by atoms with Gasteiger partial charge in [0.2, 0.25) is 0 Å². The van der Waals surface area contributed by atoms with E-state index in [1.165, 1.54) is 11.1 Å². The predicted molar refractivity (Wildman–Crippen MR) is 80.1 cm³/mol. The molecule has 1 N–H and O–H groups in total. The lowest BCUT2D eigenvalue weighted by Crippen LogP contribution is -1.92. The smallest absolute Gasteiger partial charge is 0.257 e. The minimum atomic E-state index is 0.216. The van der Waals surface area contributed by atoms with E-state index in [2.05, 4.69) is 42.2 Å². The molecule has 0 aliphatic heterocycles. The van der Waals surface area contributed by atoms with Gasteiger partial charge in [0.05, 0.1) is 0 Å².